The molecule has 0 amide bonds. The van der Waals surface area contributed by atoms with Crippen LogP contribution in [-0.4, -0.2) is 19.0 Å². The zero-order valence-electron chi connectivity index (χ0n) is 14.1. The van der Waals surface area contributed by atoms with E-state index >= 15 is 0 Å². The number of rotatable bonds is 6. The van der Waals surface area contributed by atoms with Gasteiger partial charge in [-0.3, -0.25) is 0 Å². The lowest BCUT2D eigenvalue weighted by Gasteiger charge is -2.13. The summed E-state index contributed by atoms with van der Waals surface area (Å²) in [6, 6.07) is 15.6. The fraction of sp³-hybridized carbons (Fsp3) is 0.263. The first-order valence-electron chi connectivity index (χ1n) is 8.09. The molecule has 4 nitrogen and oxygen atoms in total. The van der Waals surface area contributed by atoms with Gasteiger partial charge in [0.05, 0.1) is 27.7 Å². The van der Waals surface area contributed by atoms with E-state index in [1.807, 2.05) is 26.0 Å². The molecule has 25 heavy (non-hydrogen) atoms. The molecule has 0 aliphatic heterocycles. The lowest BCUT2D eigenvalue weighted by atomic mass is 10.2. The Morgan fingerprint density at radius 1 is 1.04 bits per heavy atom. The fourth-order valence-electron chi connectivity index (χ4n) is 2.71. The normalized spacial score (nSPS) is 12.2. The maximum Gasteiger partial charge on any atom is 0.268 e. The first kappa shape index (κ1) is 18.0. The van der Waals surface area contributed by atoms with Gasteiger partial charge in [-0.05, 0) is 24.1 Å². The summed E-state index contributed by atoms with van der Waals surface area (Å²) in [5.41, 5.74) is 1.01. The monoisotopic (exact) mass is 377 g/mol. The summed E-state index contributed by atoms with van der Waals surface area (Å²) in [4.78, 5) is 0.220. The van der Waals surface area contributed by atoms with Crippen LogP contribution in [0.15, 0.2) is 59.5 Å². The summed E-state index contributed by atoms with van der Waals surface area (Å²) in [6.07, 6.45) is 0. The molecule has 0 saturated heterocycles. The van der Waals surface area contributed by atoms with Gasteiger partial charge in [0.25, 0.3) is 10.0 Å². The number of aromatic nitrogens is 1. The molecule has 0 atom stereocenters. The Hall–Kier alpha value is -1.82. The summed E-state index contributed by atoms with van der Waals surface area (Å²) < 4.78 is 33.5. The van der Waals surface area contributed by atoms with Crippen molar-refractivity contribution in [3.8, 4) is 0 Å². The Morgan fingerprint density at radius 3 is 2.36 bits per heavy atom. The molecule has 0 unspecified atom stereocenters. The first-order chi connectivity index (χ1) is 11.9. The minimum absolute atomic E-state index is 0.137. The number of hydrogen-bond donors (Lipinski definition) is 0. The van der Waals surface area contributed by atoms with Gasteiger partial charge >= 0.3 is 0 Å². The molecule has 6 heteroatoms. The van der Waals surface area contributed by atoms with Gasteiger partial charge in [0.15, 0.2) is 0 Å². The van der Waals surface area contributed by atoms with E-state index in [1.54, 1.807) is 42.5 Å². The van der Waals surface area contributed by atoms with E-state index in [0.29, 0.717) is 34.1 Å². The zero-order valence-corrected chi connectivity index (χ0v) is 15.7. The van der Waals surface area contributed by atoms with E-state index < -0.39 is 10.0 Å². The highest BCUT2D eigenvalue weighted by Gasteiger charge is 2.26. The van der Waals surface area contributed by atoms with Gasteiger partial charge in [-0.1, -0.05) is 61.8 Å². The highest BCUT2D eigenvalue weighted by molar-refractivity contribution is 7.90. The van der Waals surface area contributed by atoms with Gasteiger partial charge in [-0.15, -0.1) is 0 Å². The summed E-state index contributed by atoms with van der Waals surface area (Å²) in [5.74, 6) is 0.349. The third-order valence-corrected chi connectivity index (χ3v) is 6.02. The lowest BCUT2D eigenvalue weighted by Crippen LogP contribution is -2.17. The van der Waals surface area contributed by atoms with Crippen LogP contribution in [0.25, 0.3) is 10.9 Å². The van der Waals surface area contributed by atoms with Crippen LogP contribution in [0.5, 0.6) is 0 Å². The van der Waals surface area contributed by atoms with E-state index in [-0.39, 0.29) is 11.5 Å². The fourth-order valence-corrected chi connectivity index (χ4v) is 4.63. The topological polar surface area (TPSA) is 48.3 Å². The minimum atomic E-state index is -3.77. The van der Waals surface area contributed by atoms with Gasteiger partial charge in [-0.25, -0.2) is 12.4 Å². The van der Waals surface area contributed by atoms with E-state index in [9.17, 15) is 8.42 Å². The van der Waals surface area contributed by atoms with Gasteiger partial charge < -0.3 is 4.74 Å². The lowest BCUT2D eigenvalue weighted by molar-refractivity contribution is 0.0946. The Morgan fingerprint density at radius 2 is 1.68 bits per heavy atom. The average Bonchev–Trinajstić information content (AvgIpc) is 2.89. The van der Waals surface area contributed by atoms with Crippen LogP contribution in [-0.2, 0) is 21.4 Å². The second-order valence-corrected chi connectivity index (χ2v) is 8.43. The maximum absolute atomic E-state index is 13.2. The smallest absolute Gasteiger partial charge is 0.268 e. The summed E-state index contributed by atoms with van der Waals surface area (Å²) >= 11 is 6.51. The molecule has 0 saturated carbocycles. The van der Waals surface area contributed by atoms with E-state index in [2.05, 4.69) is 0 Å². The van der Waals surface area contributed by atoms with E-state index in [1.165, 1.54) is 3.97 Å². The van der Waals surface area contributed by atoms with Crippen LogP contribution in [0.2, 0.25) is 5.02 Å². The van der Waals surface area contributed by atoms with Crippen LogP contribution in [0.3, 0.4) is 0 Å². The van der Waals surface area contributed by atoms with Crippen LogP contribution < -0.4 is 0 Å². The SMILES string of the molecule is CC(C)COCc1c(Cl)c2ccccc2n1S(=O)(=O)c1ccccc1. The molecule has 0 fully saturated rings. The van der Waals surface area contributed by atoms with Gasteiger partial charge in [0, 0.05) is 12.0 Å². The highest BCUT2D eigenvalue weighted by atomic mass is 35.5. The number of halogens is 1. The van der Waals surface area contributed by atoms with Crippen molar-refractivity contribution < 1.29 is 13.2 Å². The van der Waals surface area contributed by atoms with Crippen LogP contribution >= 0.6 is 11.6 Å². The van der Waals surface area contributed by atoms with Crippen molar-refractivity contribution in [2.75, 3.05) is 6.61 Å². The second-order valence-electron chi connectivity index (χ2n) is 6.27. The van der Waals surface area contributed by atoms with E-state index in [4.69, 9.17) is 16.3 Å². The van der Waals surface area contributed by atoms with Crippen molar-refractivity contribution in [2.24, 2.45) is 5.92 Å². The van der Waals surface area contributed by atoms with Crippen molar-refractivity contribution in [3.05, 3.63) is 65.3 Å². The predicted molar refractivity (Wildman–Crippen MR) is 100 cm³/mol. The third-order valence-electron chi connectivity index (χ3n) is 3.83. The number of fused-ring (bicyclic) bond motifs is 1. The number of benzene rings is 2. The van der Waals surface area contributed by atoms with Gasteiger partial charge in [0.2, 0.25) is 0 Å². The summed E-state index contributed by atoms with van der Waals surface area (Å²) in [5, 5.41) is 1.12. The average molecular weight is 378 g/mol. The molecule has 1 heterocycles. The van der Waals surface area contributed by atoms with Crippen molar-refractivity contribution >= 4 is 32.5 Å². The molecule has 0 aliphatic rings. The summed E-state index contributed by atoms with van der Waals surface area (Å²) in [7, 11) is -3.77. The molecule has 0 radical (unpaired) electrons. The summed E-state index contributed by atoms with van der Waals surface area (Å²) in [6.45, 7) is 4.75. The van der Waals surface area contributed by atoms with Gasteiger partial charge in [-0.2, -0.15) is 0 Å². The Labute approximate surface area is 153 Å². The van der Waals surface area contributed by atoms with E-state index in [0.717, 1.165) is 0 Å². The molecule has 2 aromatic carbocycles. The number of ether oxygens (including phenoxy) is 1. The maximum atomic E-state index is 13.2. The van der Waals surface area contributed by atoms with Crippen molar-refractivity contribution in [1.29, 1.82) is 0 Å². The number of para-hydroxylation sites is 1. The molecule has 0 aliphatic carbocycles. The molecule has 0 N–H and O–H groups in total. The van der Waals surface area contributed by atoms with Crippen molar-refractivity contribution in [2.45, 2.75) is 25.3 Å². The zero-order chi connectivity index (χ0) is 18.0. The highest BCUT2D eigenvalue weighted by Crippen LogP contribution is 2.34. The van der Waals surface area contributed by atoms with Crippen LogP contribution in [0, 0.1) is 5.92 Å². The second kappa shape index (κ2) is 7.20. The Kier molecular flexibility index (Phi) is 5.18. The third kappa shape index (κ3) is 3.45. The number of hydrogen-bond acceptors (Lipinski definition) is 3. The van der Waals surface area contributed by atoms with Crippen molar-refractivity contribution in [1.82, 2.24) is 3.97 Å². The predicted octanol–water partition coefficient (Wildman–Crippen LogP) is 4.70. The first-order valence-corrected chi connectivity index (χ1v) is 9.91. The quantitative estimate of drug-likeness (QED) is 0.625. The minimum Gasteiger partial charge on any atom is -0.375 e. The van der Waals surface area contributed by atoms with Crippen molar-refractivity contribution in [3.63, 3.8) is 0 Å². The molecule has 3 rings (SSSR count). The molecule has 3 aromatic rings. The standard InChI is InChI=1S/C19H20ClNO3S/c1-14(2)12-24-13-18-19(20)16-10-6-7-11-17(16)21(18)25(22,23)15-8-4-3-5-9-15/h3-11,14H,12-13H2,1-2H3. The van der Waals surface area contributed by atoms with Crippen LogP contribution in [0.1, 0.15) is 19.5 Å². The number of nitrogens with zero attached hydrogens (tertiary/aromatic N) is 1. The Balaban J connectivity index is 2.19. The molecular weight excluding hydrogens is 358 g/mol. The molecule has 1 aromatic heterocycles. The molecule has 0 bridgehead atoms. The molecule has 0 spiro atoms. The van der Waals surface area contributed by atoms with Crippen LogP contribution in [0.4, 0.5) is 0 Å². The molecular formula is C19H20ClNO3S. The largest absolute Gasteiger partial charge is 0.375 e. The van der Waals surface area contributed by atoms with Gasteiger partial charge in [0.1, 0.15) is 0 Å². The Bertz CT molecular complexity index is 979. The molecule has 132 valence electrons.